The fourth-order valence-electron chi connectivity index (χ4n) is 1.84. The van der Waals surface area contributed by atoms with E-state index in [9.17, 15) is 4.79 Å². The van der Waals surface area contributed by atoms with Crippen molar-refractivity contribution in [2.24, 2.45) is 0 Å². The summed E-state index contributed by atoms with van der Waals surface area (Å²) in [4.78, 5) is 13.7. The molecule has 2 rings (SSSR count). The van der Waals surface area contributed by atoms with Crippen molar-refractivity contribution in [2.75, 3.05) is 39.2 Å². The molecule has 0 radical (unpaired) electrons. The number of carbonyl (C=O) groups excluding carboxylic acids is 1. The van der Waals surface area contributed by atoms with Gasteiger partial charge in [0.05, 0.1) is 19.0 Å². The summed E-state index contributed by atoms with van der Waals surface area (Å²) in [6.07, 6.45) is 4.04. The van der Waals surface area contributed by atoms with Crippen molar-refractivity contribution in [3.63, 3.8) is 0 Å². The van der Waals surface area contributed by atoms with Crippen molar-refractivity contribution in [1.29, 1.82) is 0 Å². The Hall–Kier alpha value is -1.12. The van der Waals surface area contributed by atoms with Gasteiger partial charge in [-0.3, -0.25) is 4.79 Å². The second-order valence-corrected chi connectivity index (χ2v) is 5.58. The maximum absolute atomic E-state index is 12.1. The summed E-state index contributed by atoms with van der Waals surface area (Å²) in [5.74, 6) is 0.279. The highest BCUT2D eigenvalue weighted by Gasteiger charge is 2.26. The summed E-state index contributed by atoms with van der Waals surface area (Å²) >= 11 is 1.39. The molecule has 0 atom stereocenters. The molecule has 1 aromatic heterocycles. The Kier molecular flexibility index (Phi) is 5.81. The third-order valence-corrected chi connectivity index (χ3v) is 4.04. The lowest BCUT2D eigenvalue weighted by molar-refractivity contribution is -0.129. The summed E-state index contributed by atoms with van der Waals surface area (Å²) in [6.45, 7) is 1.25. The van der Waals surface area contributed by atoms with Gasteiger partial charge in [-0.1, -0.05) is 11.8 Å². The van der Waals surface area contributed by atoms with Gasteiger partial charge in [-0.15, -0.1) is 10.2 Å². The van der Waals surface area contributed by atoms with Gasteiger partial charge in [0.1, 0.15) is 6.33 Å². The number of aliphatic hydroxyl groups excluding tert-OH is 1. The minimum absolute atomic E-state index is 0.0218. The molecule has 0 unspecified atom stereocenters. The van der Waals surface area contributed by atoms with Crippen molar-refractivity contribution in [1.82, 2.24) is 19.7 Å². The summed E-state index contributed by atoms with van der Waals surface area (Å²) in [6, 6.07) is 0.504. The molecule has 1 fully saturated rings. The Morgan fingerprint density at radius 2 is 2.40 bits per heavy atom. The zero-order chi connectivity index (χ0) is 14.4. The summed E-state index contributed by atoms with van der Waals surface area (Å²) in [7, 11) is 1.59. The number of amides is 1. The van der Waals surface area contributed by atoms with Crippen molar-refractivity contribution in [3.05, 3.63) is 6.33 Å². The molecule has 20 heavy (non-hydrogen) atoms. The van der Waals surface area contributed by atoms with Gasteiger partial charge in [0.2, 0.25) is 5.91 Å². The first-order valence-electron chi connectivity index (χ1n) is 6.66. The highest BCUT2D eigenvalue weighted by molar-refractivity contribution is 7.99. The standard InChI is InChI=1S/C12H20N4O3S/c1-19-7-5-15(4-6-17)11(18)8-20-12-14-13-9-16(12)10-2-3-10/h9-10,17H,2-8H2,1H3. The molecule has 0 saturated heterocycles. The number of methoxy groups -OCH3 is 1. The van der Waals surface area contributed by atoms with Crippen LogP contribution in [-0.4, -0.2) is 69.8 Å². The van der Waals surface area contributed by atoms with E-state index in [0.29, 0.717) is 31.5 Å². The smallest absolute Gasteiger partial charge is 0.233 e. The van der Waals surface area contributed by atoms with E-state index in [1.807, 2.05) is 4.57 Å². The fraction of sp³-hybridized carbons (Fsp3) is 0.750. The van der Waals surface area contributed by atoms with E-state index < -0.39 is 0 Å². The van der Waals surface area contributed by atoms with E-state index in [1.54, 1.807) is 18.3 Å². The van der Waals surface area contributed by atoms with Crippen LogP contribution in [0.1, 0.15) is 18.9 Å². The predicted octanol–water partition coefficient (Wildman–Crippen LogP) is 0.172. The third kappa shape index (κ3) is 4.19. The van der Waals surface area contributed by atoms with E-state index in [4.69, 9.17) is 9.84 Å². The van der Waals surface area contributed by atoms with Gasteiger partial charge in [-0.05, 0) is 12.8 Å². The second kappa shape index (κ2) is 7.61. The largest absolute Gasteiger partial charge is 0.395 e. The lowest BCUT2D eigenvalue weighted by Gasteiger charge is -2.21. The van der Waals surface area contributed by atoms with Gasteiger partial charge in [0.25, 0.3) is 0 Å². The SMILES string of the molecule is COCCN(CCO)C(=O)CSc1nncn1C1CC1. The first-order valence-corrected chi connectivity index (χ1v) is 7.64. The van der Waals surface area contributed by atoms with Gasteiger partial charge in [-0.2, -0.15) is 0 Å². The van der Waals surface area contributed by atoms with E-state index in [0.717, 1.165) is 18.0 Å². The first kappa shape index (κ1) is 15.3. The number of nitrogens with zero attached hydrogens (tertiary/aromatic N) is 4. The molecule has 1 N–H and O–H groups in total. The molecular formula is C12H20N4O3S. The van der Waals surface area contributed by atoms with Gasteiger partial charge in [-0.25, -0.2) is 0 Å². The molecule has 0 aromatic carbocycles. The minimum atomic E-state index is -0.0433. The van der Waals surface area contributed by atoms with Crippen LogP contribution < -0.4 is 0 Å². The van der Waals surface area contributed by atoms with E-state index in [2.05, 4.69) is 10.2 Å². The van der Waals surface area contributed by atoms with Gasteiger partial charge in [0, 0.05) is 26.2 Å². The number of thioether (sulfide) groups is 1. The molecule has 0 aliphatic heterocycles. The minimum Gasteiger partial charge on any atom is -0.395 e. The molecule has 1 aliphatic carbocycles. The highest BCUT2D eigenvalue weighted by atomic mass is 32.2. The van der Waals surface area contributed by atoms with Crippen LogP contribution in [0, 0.1) is 0 Å². The van der Waals surface area contributed by atoms with Crippen molar-refractivity contribution in [2.45, 2.75) is 24.0 Å². The Morgan fingerprint density at radius 1 is 1.60 bits per heavy atom. The topological polar surface area (TPSA) is 80.5 Å². The molecular weight excluding hydrogens is 280 g/mol. The predicted molar refractivity (Wildman–Crippen MR) is 74.6 cm³/mol. The second-order valence-electron chi connectivity index (χ2n) is 4.64. The molecule has 1 saturated carbocycles. The number of hydrogen-bond donors (Lipinski definition) is 1. The number of aromatic nitrogens is 3. The summed E-state index contributed by atoms with van der Waals surface area (Å²) in [5.41, 5.74) is 0. The van der Waals surface area contributed by atoms with Crippen molar-refractivity contribution < 1.29 is 14.6 Å². The Morgan fingerprint density at radius 3 is 3.05 bits per heavy atom. The van der Waals surface area contributed by atoms with Gasteiger partial charge in [0.15, 0.2) is 5.16 Å². The van der Waals surface area contributed by atoms with Crippen LogP contribution in [0.2, 0.25) is 0 Å². The van der Waals surface area contributed by atoms with Crippen molar-refractivity contribution in [3.8, 4) is 0 Å². The quantitative estimate of drug-likeness (QED) is 0.655. The molecule has 8 heteroatoms. The Balaban J connectivity index is 1.84. The molecule has 1 aromatic rings. The molecule has 7 nitrogen and oxygen atoms in total. The molecule has 0 bridgehead atoms. The van der Waals surface area contributed by atoms with Crippen LogP contribution >= 0.6 is 11.8 Å². The normalized spacial score (nSPS) is 14.5. The van der Waals surface area contributed by atoms with E-state index in [1.165, 1.54) is 11.8 Å². The van der Waals surface area contributed by atoms with Crippen LogP contribution in [0.25, 0.3) is 0 Å². The van der Waals surface area contributed by atoms with E-state index >= 15 is 0 Å². The van der Waals surface area contributed by atoms with Gasteiger partial charge >= 0.3 is 0 Å². The number of aliphatic hydroxyl groups is 1. The average molecular weight is 300 g/mol. The molecule has 1 amide bonds. The lowest BCUT2D eigenvalue weighted by atomic mass is 10.4. The highest BCUT2D eigenvalue weighted by Crippen LogP contribution is 2.37. The van der Waals surface area contributed by atoms with Crippen LogP contribution in [0.3, 0.4) is 0 Å². The number of carbonyl (C=O) groups is 1. The van der Waals surface area contributed by atoms with Gasteiger partial charge < -0.3 is 19.3 Å². The zero-order valence-corrected chi connectivity index (χ0v) is 12.4. The van der Waals surface area contributed by atoms with Crippen LogP contribution in [0.15, 0.2) is 11.5 Å². The van der Waals surface area contributed by atoms with Crippen molar-refractivity contribution >= 4 is 17.7 Å². The number of rotatable bonds is 9. The number of hydrogen-bond acceptors (Lipinski definition) is 6. The monoisotopic (exact) mass is 300 g/mol. The molecule has 1 aliphatic rings. The molecule has 0 spiro atoms. The Bertz CT molecular complexity index is 436. The van der Waals surface area contributed by atoms with Crippen LogP contribution in [0.4, 0.5) is 0 Å². The van der Waals surface area contributed by atoms with Crippen LogP contribution in [-0.2, 0) is 9.53 Å². The maximum Gasteiger partial charge on any atom is 0.233 e. The fourth-order valence-corrected chi connectivity index (χ4v) is 2.72. The third-order valence-electron chi connectivity index (χ3n) is 3.09. The zero-order valence-electron chi connectivity index (χ0n) is 11.6. The first-order chi connectivity index (χ1) is 9.76. The average Bonchev–Trinajstić information content (AvgIpc) is 3.19. The molecule has 112 valence electrons. The lowest BCUT2D eigenvalue weighted by Crippen LogP contribution is -2.37. The Labute approximate surface area is 122 Å². The maximum atomic E-state index is 12.1. The summed E-state index contributed by atoms with van der Waals surface area (Å²) in [5, 5.41) is 17.7. The summed E-state index contributed by atoms with van der Waals surface area (Å²) < 4.78 is 7.00. The van der Waals surface area contributed by atoms with E-state index in [-0.39, 0.29) is 12.5 Å². The van der Waals surface area contributed by atoms with Crippen LogP contribution in [0.5, 0.6) is 0 Å². The number of ether oxygens (including phenoxy) is 1. The molecule has 1 heterocycles.